The lowest BCUT2D eigenvalue weighted by Crippen LogP contribution is -2.28. The number of halogens is 2. The fourth-order valence-electron chi connectivity index (χ4n) is 2.16. The van der Waals surface area contributed by atoms with Crippen LogP contribution in [-0.2, 0) is 4.79 Å². The number of rotatable bonds is 5. The topological polar surface area (TPSA) is 58.2 Å². The Hall–Kier alpha value is -2.76. The highest BCUT2D eigenvalue weighted by atomic mass is 19.1. The summed E-state index contributed by atoms with van der Waals surface area (Å²) in [5, 5.41) is 5.21. The van der Waals surface area contributed by atoms with Crippen molar-refractivity contribution in [1.29, 1.82) is 0 Å². The average Bonchev–Trinajstić information content (AvgIpc) is 2.51. The van der Waals surface area contributed by atoms with E-state index in [0.717, 1.165) is 28.9 Å². The predicted octanol–water partition coefficient (Wildman–Crippen LogP) is 3.34. The molecule has 0 unspecified atom stereocenters. The van der Waals surface area contributed by atoms with E-state index in [1.165, 1.54) is 0 Å². The Kier molecular flexibility index (Phi) is 5.63. The van der Waals surface area contributed by atoms with E-state index in [0.29, 0.717) is 6.07 Å². The van der Waals surface area contributed by atoms with Gasteiger partial charge in [-0.05, 0) is 43.2 Å². The minimum absolute atomic E-state index is 0.0436. The third kappa shape index (κ3) is 4.38. The summed E-state index contributed by atoms with van der Waals surface area (Å²) in [6.07, 6.45) is 0.0436. The summed E-state index contributed by atoms with van der Waals surface area (Å²) >= 11 is 0. The Labute approximate surface area is 138 Å². The van der Waals surface area contributed by atoms with Crippen molar-refractivity contribution >= 4 is 17.5 Å². The van der Waals surface area contributed by atoms with Gasteiger partial charge in [-0.2, -0.15) is 0 Å². The lowest BCUT2D eigenvalue weighted by molar-refractivity contribution is -0.116. The van der Waals surface area contributed by atoms with Crippen molar-refractivity contribution < 1.29 is 18.4 Å². The van der Waals surface area contributed by atoms with Crippen LogP contribution in [0.4, 0.5) is 14.5 Å². The Morgan fingerprint density at radius 2 is 1.83 bits per heavy atom. The Morgan fingerprint density at radius 1 is 1.08 bits per heavy atom. The molecule has 0 aliphatic heterocycles. The average molecular weight is 332 g/mol. The maximum Gasteiger partial charge on any atom is 0.254 e. The van der Waals surface area contributed by atoms with E-state index >= 15 is 0 Å². The molecule has 2 rings (SSSR count). The van der Waals surface area contributed by atoms with E-state index in [1.54, 1.807) is 6.07 Å². The number of nitrogens with one attached hydrogen (secondary N) is 2. The first-order chi connectivity index (χ1) is 11.4. The minimum Gasteiger partial charge on any atom is -0.351 e. The molecule has 2 N–H and O–H groups in total. The summed E-state index contributed by atoms with van der Waals surface area (Å²) in [7, 11) is 0. The second-order valence-electron chi connectivity index (χ2n) is 5.43. The van der Waals surface area contributed by atoms with Crippen LogP contribution in [-0.4, -0.2) is 18.4 Å². The van der Waals surface area contributed by atoms with E-state index in [2.05, 4.69) is 10.6 Å². The van der Waals surface area contributed by atoms with Crippen molar-refractivity contribution in [2.45, 2.75) is 20.3 Å². The fraction of sp³-hybridized carbons (Fsp3) is 0.222. The summed E-state index contributed by atoms with van der Waals surface area (Å²) in [6.45, 7) is 3.90. The zero-order valence-corrected chi connectivity index (χ0v) is 13.5. The van der Waals surface area contributed by atoms with Crippen molar-refractivity contribution in [3.05, 3.63) is 64.7 Å². The number of hydrogen-bond acceptors (Lipinski definition) is 2. The van der Waals surface area contributed by atoms with Crippen LogP contribution in [0.15, 0.2) is 36.4 Å². The van der Waals surface area contributed by atoms with E-state index in [4.69, 9.17) is 0 Å². The van der Waals surface area contributed by atoms with Gasteiger partial charge in [-0.15, -0.1) is 0 Å². The monoisotopic (exact) mass is 332 g/mol. The molecule has 0 saturated heterocycles. The van der Waals surface area contributed by atoms with Crippen molar-refractivity contribution in [2.24, 2.45) is 0 Å². The molecule has 0 fully saturated rings. The molecule has 0 aliphatic carbocycles. The molecule has 2 aromatic carbocycles. The van der Waals surface area contributed by atoms with Gasteiger partial charge in [-0.3, -0.25) is 9.59 Å². The Morgan fingerprint density at radius 3 is 2.54 bits per heavy atom. The number of anilines is 1. The first-order valence-electron chi connectivity index (χ1n) is 7.48. The molecule has 0 aliphatic rings. The molecular weight excluding hydrogens is 314 g/mol. The van der Waals surface area contributed by atoms with Crippen molar-refractivity contribution in [3.63, 3.8) is 0 Å². The molecule has 0 aromatic heterocycles. The third-order valence-electron chi connectivity index (χ3n) is 3.69. The molecule has 4 nitrogen and oxygen atoms in total. The molecule has 0 atom stereocenters. The summed E-state index contributed by atoms with van der Waals surface area (Å²) in [5.41, 5.74) is 2.50. The molecule has 6 heteroatoms. The van der Waals surface area contributed by atoms with E-state index < -0.39 is 17.5 Å². The highest BCUT2D eigenvalue weighted by Crippen LogP contribution is 2.18. The summed E-state index contributed by atoms with van der Waals surface area (Å²) in [5.74, 6) is -2.64. The van der Waals surface area contributed by atoms with E-state index in [9.17, 15) is 18.4 Å². The molecule has 0 saturated carbocycles. The number of benzene rings is 2. The SMILES string of the molecule is Cc1cccc(NC(=O)CCNC(=O)c2ccc(F)cc2F)c1C. The van der Waals surface area contributed by atoms with Gasteiger partial charge in [0.2, 0.25) is 5.91 Å². The van der Waals surface area contributed by atoms with Crippen LogP contribution in [0.25, 0.3) is 0 Å². The first kappa shape index (κ1) is 17.6. The lowest BCUT2D eigenvalue weighted by atomic mass is 10.1. The number of aryl methyl sites for hydroxylation is 1. The van der Waals surface area contributed by atoms with Crippen molar-refractivity contribution in [1.82, 2.24) is 5.32 Å². The van der Waals surface area contributed by atoms with Gasteiger partial charge < -0.3 is 10.6 Å². The number of amides is 2. The highest BCUT2D eigenvalue weighted by molar-refractivity contribution is 5.95. The van der Waals surface area contributed by atoms with Crippen LogP contribution in [0.2, 0.25) is 0 Å². The number of carbonyl (C=O) groups excluding carboxylic acids is 2. The molecule has 0 radical (unpaired) electrons. The molecule has 126 valence electrons. The van der Waals surface area contributed by atoms with Gasteiger partial charge in [0.15, 0.2) is 0 Å². The summed E-state index contributed by atoms with van der Waals surface area (Å²) in [4.78, 5) is 23.7. The molecular formula is C18H18F2N2O2. The van der Waals surface area contributed by atoms with Crippen molar-refractivity contribution in [2.75, 3.05) is 11.9 Å². The van der Waals surface area contributed by atoms with Gasteiger partial charge in [-0.1, -0.05) is 12.1 Å². The van der Waals surface area contributed by atoms with Crippen molar-refractivity contribution in [3.8, 4) is 0 Å². The van der Waals surface area contributed by atoms with Crippen LogP contribution in [0.3, 0.4) is 0 Å². The predicted molar refractivity (Wildman–Crippen MR) is 87.9 cm³/mol. The largest absolute Gasteiger partial charge is 0.351 e. The van der Waals surface area contributed by atoms with E-state index in [-0.39, 0.29) is 24.4 Å². The summed E-state index contributed by atoms with van der Waals surface area (Å²) in [6, 6.07) is 8.30. The molecule has 0 heterocycles. The third-order valence-corrected chi connectivity index (χ3v) is 3.69. The second kappa shape index (κ2) is 7.68. The Bertz CT molecular complexity index is 776. The molecule has 0 spiro atoms. The van der Waals surface area contributed by atoms with Gasteiger partial charge in [0.1, 0.15) is 11.6 Å². The van der Waals surface area contributed by atoms with Gasteiger partial charge in [0.05, 0.1) is 5.56 Å². The molecule has 2 amide bonds. The normalized spacial score (nSPS) is 10.3. The first-order valence-corrected chi connectivity index (χ1v) is 7.48. The zero-order valence-electron chi connectivity index (χ0n) is 13.5. The standard InChI is InChI=1S/C18H18F2N2O2/c1-11-4-3-5-16(12(11)2)22-17(23)8-9-21-18(24)14-7-6-13(19)10-15(14)20/h3-7,10H,8-9H2,1-2H3,(H,21,24)(H,22,23). The maximum absolute atomic E-state index is 13.5. The fourth-order valence-corrected chi connectivity index (χ4v) is 2.16. The van der Waals surface area contributed by atoms with Crippen LogP contribution >= 0.6 is 0 Å². The molecule has 24 heavy (non-hydrogen) atoms. The second-order valence-corrected chi connectivity index (χ2v) is 5.43. The highest BCUT2D eigenvalue weighted by Gasteiger charge is 2.13. The summed E-state index contributed by atoms with van der Waals surface area (Å²) < 4.78 is 26.3. The van der Waals surface area contributed by atoms with E-state index in [1.807, 2.05) is 26.0 Å². The lowest BCUT2D eigenvalue weighted by Gasteiger charge is -2.11. The number of carbonyl (C=O) groups is 2. The van der Waals surface area contributed by atoms with Gasteiger partial charge in [-0.25, -0.2) is 8.78 Å². The molecule has 2 aromatic rings. The van der Waals surface area contributed by atoms with Crippen LogP contribution in [0.5, 0.6) is 0 Å². The van der Waals surface area contributed by atoms with Gasteiger partial charge >= 0.3 is 0 Å². The quantitative estimate of drug-likeness (QED) is 0.882. The molecule has 0 bridgehead atoms. The smallest absolute Gasteiger partial charge is 0.254 e. The maximum atomic E-state index is 13.5. The van der Waals surface area contributed by atoms with Crippen LogP contribution in [0, 0.1) is 25.5 Å². The Balaban J connectivity index is 1.86. The zero-order chi connectivity index (χ0) is 17.7. The van der Waals surface area contributed by atoms with Gasteiger partial charge in [0.25, 0.3) is 5.91 Å². The minimum atomic E-state index is -0.938. The van der Waals surface area contributed by atoms with Crippen LogP contribution < -0.4 is 10.6 Å². The van der Waals surface area contributed by atoms with Gasteiger partial charge in [0, 0.05) is 24.7 Å². The van der Waals surface area contributed by atoms with Crippen LogP contribution in [0.1, 0.15) is 27.9 Å². The number of hydrogen-bond donors (Lipinski definition) is 2.